The lowest BCUT2D eigenvalue weighted by atomic mass is 10.1. The largest absolute Gasteiger partial charge is 0.467 e. The predicted octanol–water partition coefficient (Wildman–Crippen LogP) is 4.17. The molecule has 0 atom stereocenters. The molecule has 24 heavy (non-hydrogen) atoms. The fourth-order valence-corrected chi connectivity index (χ4v) is 1.94. The van der Waals surface area contributed by atoms with Crippen LogP contribution in [-0.4, -0.2) is 12.5 Å². The third-order valence-corrected chi connectivity index (χ3v) is 3.03. The van der Waals surface area contributed by atoms with Gasteiger partial charge in [0.1, 0.15) is 5.76 Å². The minimum absolute atomic E-state index is 0. The Labute approximate surface area is 155 Å². The highest BCUT2D eigenvalue weighted by molar-refractivity contribution is 14.0. The monoisotopic (exact) mass is 453 g/mol. The fraction of sp³-hybridized carbons (Fsp3) is 0.312. The van der Waals surface area contributed by atoms with Crippen molar-refractivity contribution in [2.45, 2.75) is 26.2 Å². The quantitative estimate of drug-likeness (QED) is 0.406. The lowest BCUT2D eigenvalue weighted by Crippen LogP contribution is -2.36. The summed E-state index contributed by atoms with van der Waals surface area (Å²) in [5, 5.41) is 6.10. The molecule has 0 radical (unpaired) electrons. The first-order valence-corrected chi connectivity index (χ1v) is 7.19. The Kier molecular flexibility index (Phi) is 8.09. The number of benzene rings is 1. The zero-order valence-electron chi connectivity index (χ0n) is 13.1. The van der Waals surface area contributed by atoms with Gasteiger partial charge in [-0.1, -0.05) is 12.1 Å². The van der Waals surface area contributed by atoms with Crippen molar-refractivity contribution in [3.8, 4) is 0 Å². The average molecular weight is 453 g/mol. The molecular weight excluding hydrogens is 434 g/mol. The molecule has 0 saturated carbocycles. The summed E-state index contributed by atoms with van der Waals surface area (Å²) in [6, 6.07) is 8.77. The summed E-state index contributed by atoms with van der Waals surface area (Å²) in [6.45, 7) is 3.15. The van der Waals surface area contributed by atoms with Crippen LogP contribution in [0, 0.1) is 0 Å². The first-order chi connectivity index (χ1) is 11.0. The maximum atomic E-state index is 12.7. The van der Waals surface area contributed by atoms with Gasteiger partial charge in [-0.25, -0.2) is 4.99 Å². The van der Waals surface area contributed by atoms with Crippen molar-refractivity contribution >= 4 is 29.9 Å². The van der Waals surface area contributed by atoms with E-state index in [1.807, 2.05) is 13.0 Å². The van der Waals surface area contributed by atoms with Gasteiger partial charge in [-0.15, -0.1) is 24.0 Å². The standard InChI is InChI=1S/C16H18F3N3O.HI/c1-2-20-15(22-11-14-7-4-8-23-14)21-10-12-5-3-6-13(9-12)16(17,18)19;/h3-9H,2,10-11H2,1H3,(H2,20,21,22);1H. The van der Waals surface area contributed by atoms with E-state index in [1.54, 1.807) is 18.4 Å². The second kappa shape index (κ2) is 9.55. The molecule has 0 bridgehead atoms. The number of hydrogen-bond donors (Lipinski definition) is 2. The van der Waals surface area contributed by atoms with Crippen molar-refractivity contribution < 1.29 is 17.6 Å². The van der Waals surface area contributed by atoms with Crippen molar-refractivity contribution in [1.82, 2.24) is 10.6 Å². The molecule has 0 amide bonds. The third-order valence-electron chi connectivity index (χ3n) is 3.03. The Morgan fingerprint density at radius 2 is 1.96 bits per heavy atom. The van der Waals surface area contributed by atoms with Crippen LogP contribution in [0.4, 0.5) is 13.2 Å². The Morgan fingerprint density at radius 1 is 1.17 bits per heavy atom. The maximum Gasteiger partial charge on any atom is 0.416 e. The van der Waals surface area contributed by atoms with E-state index in [0.29, 0.717) is 24.6 Å². The summed E-state index contributed by atoms with van der Waals surface area (Å²) >= 11 is 0. The fourth-order valence-electron chi connectivity index (χ4n) is 1.94. The lowest BCUT2D eigenvalue weighted by molar-refractivity contribution is -0.137. The number of rotatable bonds is 5. The Balaban J connectivity index is 0.00000288. The summed E-state index contributed by atoms with van der Waals surface area (Å²) in [5.41, 5.74) is -0.172. The zero-order chi connectivity index (χ0) is 16.7. The number of nitrogens with zero attached hydrogens (tertiary/aromatic N) is 1. The van der Waals surface area contributed by atoms with E-state index in [0.717, 1.165) is 17.9 Å². The van der Waals surface area contributed by atoms with Crippen LogP contribution in [-0.2, 0) is 19.3 Å². The smallest absolute Gasteiger partial charge is 0.416 e. The molecule has 8 heteroatoms. The maximum absolute atomic E-state index is 12.7. The molecular formula is C16H19F3IN3O. The number of hydrogen-bond acceptors (Lipinski definition) is 2. The summed E-state index contributed by atoms with van der Waals surface area (Å²) < 4.78 is 43.3. The second-order valence-electron chi connectivity index (χ2n) is 4.83. The molecule has 1 aromatic carbocycles. The highest BCUT2D eigenvalue weighted by atomic mass is 127. The van der Waals surface area contributed by atoms with Gasteiger partial charge < -0.3 is 15.1 Å². The molecule has 0 unspecified atom stereocenters. The predicted molar refractivity (Wildman–Crippen MR) is 97.2 cm³/mol. The normalized spacial score (nSPS) is 11.8. The Bertz CT molecular complexity index is 642. The van der Waals surface area contributed by atoms with Crippen LogP contribution in [0.25, 0.3) is 0 Å². The van der Waals surface area contributed by atoms with Crippen LogP contribution in [0.2, 0.25) is 0 Å². The number of guanidine groups is 1. The number of alkyl halides is 3. The molecule has 1 heterocycles. The van der Waals surface area contributed by atoms with E-state index >= 15 is 0 Å². The van der Waals surface area contributed by atoms with Crippen LogP contribution in [0.3, 0.4) is 0 Å². The molecule has 2 N–H and O–H groups in total. The molecule has 0 aliphatic heterocycles. The molecule has 0 fully saturated rings. The van der Waals surface area contributed by atoms with E-state index in [1.165, 1.54) is 6.07 Å². The van der Waals surface area contributed by atoms with Crippen molar-refractivity contribution in [2.24, 2.45) is 4.99 Å². The van der Waals surface area contributed by atoms with Crippen LogP contribution >= 0.6 is 24.0 Å². The van der Waals surface area contributed by atoms with E-state index in [-0.39, 0.29) is 30.5 Å². The number of aliphatic imine (C=N–C) groups is 1. The van der Waals surface area contributed by atoms with Gasteiger partial charge in [0, 0.05) is 6.54 Å². The minimum Gasteiger partial charge on any atom is -0.467 e. The minimum atomic E-state index is -4.35. The van der Waals surface area contributed by atoms with E-state index in [4.69, 9.17) is 4.42 Å². The zero-order valence-corrected chi connectivity index (χ0v) is 15.4. The molecule has 4 nitrogen and oxygen atoms in total. The molecule has 132 valence electrons. The number of nitrogens with one attached hydrogen (secondary N) is 2. The lowest BCUT2D eigenvalue weighted by Gasteiger charge is -2.11. The topological polar surface area (TPSA) is 49.6 Å². The van der Waals surface area contributed by atoms with Gasteiger partial charge in [-0.05, 0) is 36.8 Å². The highest BCUT2D eigenvalue weighted by Gasteiger charge is 2.30. The Morgan fingerprint density at radius 3 is 2.58 bits per heavy atom. The Hall–Kier alpha value is -1.71. The second-order valence-corrected chi connectivity index (χ2v) is 4.83. The van der Waals surface area contributed by atoms with Crippen molar-refractivity contribution in [3.63, 3.8) is 0 Å². The van der Waals surface area contributed by atoms with Gasteiger partial charge in [0.2, 0.25) is 0 Å². The molecule has 0 aliphatic rings. The summed E-state index contributed by atoms with van der Waals surface area (Å²) in [7, 11) is 0. The first kappa shape index (κ1) is 20.3. The van der Waals surface area contributed by atoms with E-state index < -0.39 is 11.7 Å². The van der Waals surface area contributed by atoms with E-state index in [9.17, 15) is 13.2 Å². The van der Waals surface area contributed by atoms with Crippen LogP contribution in [0.5, 0.6) is 0 Å². The highest BCUT2D eigenvalue weighted by Crippen LogP contribution is 2.29. The molecule has 2 rings (SSSR count). The van der Waals surface area contributed by atoms with Crippen LogP contribution in [0.15, 0.2) is 52.1 Å². The first-order valence-electron chi connectivity index (χ1n) is 7.19. The molecule has 0 spiro atoms. The number of furan rings is 1. The summed E-state index contributed by atoms with van der Waals surface area (Å²) in [5.74, 6) is 1.26. The van der Waals surface area contributed by atoms with Gasteiger partial charge in [0.25, 0.3) is 0 Å². The molecule has 2 aromatic rings. The van der Waals surface area contributed by atoms with E-state index in [2.05, 4.69) is 15.6 Å². The molecule has 0 saturated heterocycles. The van der Waals surface area contributed by atoms with Gasteiger partial charge in [-0.3, -0.25) is 0 Å². The SMILES string of the molecule is CCNC(=NCc1cccc(C(F)(F)F)c1)NCc1ccco1.I. The van der Waals surface area contributed by atoms with Gasteiger partial charge in [-0.2, -0.15) is 13.2 Å². The van der Waals surface area contributed by atoms with Crippen molar-refractivity contribution in [2.75, 3.05) is 6.54 Å². The summed E-state index contributed by atoms with van der Waals surface area (Å²) in [4.78, 5) is 4.29. The van der Waals surface area contributed by atoms with Crippen LogP contribution < -0.4 is 10.6 Å². The molecule has 0 aliphatic carbocycles. The average Bonchev–Trinajstić information content (AvgIpc) is 3.03. The summed E-state index contributed by atoms with van der Waals surface area (Å²) in [6.07, 6.45) is -2.77. The van der Waals surface area contributed by atoms with Crippen molar-refractivity contribution in [1.29, 1.82) is 0 Å². The van der Waals surface area contributed by atoms with Gasteiger partial charge in [0.15, 0.2) is 5.96 Å². The van der Waals surface area contributed by atoms with Gasteiger partial charge in [0.05, 0.1) is 24.9 Å². The molecule has 1 aromatic heterocycles. The van der Waals surface area contributed by atoms with Crippen molar-refractivity contribution in [3.05, 3.63) is 59.5 Å². The third kappa shape index (κ3) is 6.42. The van der Waals surface area contributed by atoms with Gasteiger partial charge >= 0.3 is 6.18 Å². The number of halogens is 4. The van der Waals surface area contributed by atoms with Crippen LogP contribution in [0.1, 0.15) is 23.8 Å².